The molecule has 2 rings (SSSR count). The van der Waals surface area contributed by atoms with Crippen molar-refractivity contribution >= 4 is 5.91 Å². The second kappa shape index (κ2) is 5.61. The lowest BCUT2D eigenvalue weighted by Crippen LogP contribution is -2.27. The number of benzene rings is 1. The van der Waals surface area contributed by atoms with Crippen LogP contribution in [0.1, 0.15) is 21.6 Å². The van der Waals surface area contributed by atoms with E-state index in [9.17, 15) is 9.18 Å². The number of carbonyl (C=O) groups excluding carboxylic acids is 1. The van der Waals surface area contributed by atoms with Crippen molar-refractivity contribution in [2.45, 2.75) is 13.5 Å². The number of nitrogens with zero attached hydrogens (tertiary/aromatic N) is 2. The van der Waals surface area contributed by atoms with E-state index < -0.39 is 5.95 Å². The number of aromatic nitrogens is 1. The summed E-state index contributed by atoms with van der Waals surface area (Å²) in [5.74, 6) is -0.934. The number of hydrogen-bond acceptors (Lipinski definition) is 2. The monoisotopic (exact) mass is 258 g/mol. The fourth-order valence-electron chi connectivity index (χ4n) is 1.88. The highest BCUT2D eigenvalue weighted by molar-refractivity contribution is 5.92. The predicted octanol–water partition coefficient (Wildman–Crippen LogP) is 2.80. The summed E-state index contributed by atoms with van der Waals surface area (Å²) in [7, 11) is 1.68. The van der Waals surface area contributed by atoms with E-state index in [1.807, 2.05) is 31.2 Å². The topological polar surface area (TPSA) is 33.2 Å². The van der Waals surface area contributed by atoms with E-state index >= 15 is 0 Å². The molecule has 19 heavy (non-hydrogen) atoms. The Morgan fingerprint density at radius 3 is 2.68 bits per heavy atom. The van der Waals surface area contributed by atoms with Gasteiger partial charge in [-0.2, -0.15) is 4.39 Å². The van der Waals surface area contributed by atoms with Gasteiger partial charge < -0.3 is 4.90 Å². The first-order valence-electron chi connectivity index (χ1n) is 6.00. The minimum Gasteiger partial charge on any atom is -0.336 e. The van der Waals surface area contributed by atoms with Crippen LogP contribution in [-0.4, -0.2) is 22.8 Å². The van der Waals surface area contributed by atoms with Gasteiger partial charge in [0.2, 0.25) is 5.95 Å². The van der Waals surface area contributed by atoms with Gasteiger partial charge in [0.1, 0.15) is 5.69 Å². The molecule has 0 radical (unpaired) electrons. The van der Waals surface area contributed by atoms with Crippen LogP contribution < -0.4 is 0 Å². The Balaban J connectivity index is 2.12. The van der Waals surface area contributed by atoms with Gasteiger partial charge in [-0.3, -0.25) is 4.79 Å². The predicted molar refractivity (Wildman–Crippen MR) is 71.2 cm³/mol. The van der Waals surface area contributed by atoms with Crippen molar-refractivity contribution in [1.82, 2.24) is 9.88 Å². The second-order valence-electron chi connectivity index (χ2n) is 4.50. The molecule has 1 amide bonds. The zero-order valence-corrected chi connectivity index (χ0v) is 10.9. The first-order chi connectivity index (χ1) is 9.06. The molecule has 1 aromatic carbocycles. The van der Waals surface area contributed by atoms with Gasteiger partial charge in [-0.25, -0.2) is 4.98 Å². The lowest BCUT2D eigenvalue weighted by molar-refractivity contribution is 0.0778. The van der Waals surface area contributed by atoms with Gasteiger partial charge in [-0.05, 0) is 24.6 Å². The molecule has 0 N–H and O–H groups in total. The van der Waals surface area contributed by atoms with Gasteiger partial charge in [-0.1, -0.05) is 35.9 Å². The first-order valence-corrected chi connectivity index (χ1v) is 6.00. The first kappa shape index (κ1) is 13.2. The van der Waals surface area contributed by atoms with Crippen LogP contribution in [0.15, 0.2) is 42.5 Å². The average Bonchev–Trinajstić information content (AvgIpc) is 2.38. The Morgan fingerprint density at radius 1 is 1.26 bits per heavy atom. The highest BCUT2D eigenvalue weighted by Gasteiger charge is 2.13. The lowest BCUT2D eigenvalue weighted by Gasteiger charge is -2.17. The van der Waals surface area contributed by atoms with Gasteiger partial charge in [0.05, 0.1) is 0 Å². The molecule has 0 aliphatic carbocycles. The van der Waals surface area contributed by atoms with E-state index in [0.29, 0.717) is 6.54 Å². The minimum atomic E-state index is -0.644. The third-order valence-electron chi connectivity index (χ3n) is 2.78. The fraction of sp³-hybridized carbons (Fsp3) is 0.200. The summed E-state index contributed by atoms with van der Waals surface area (Å²) in [6.07, 6.45) is 0. The SMILES string of the molecule is Cc1cccc(CN(C)C(=O)c2cccc(F)n2)c1. The summed E-state index contributed by atoms with van der Waals surface area (Å²) in [6, 6.07) is 12.1. The van der Waals surface area contributed by atoms with E-state index in [-0.39, 0.29) is 11.6 Å². The maximum atomic E-state index is 13.0. The summed E-state index contributed by atoms with van der Waals surface area (Å²) < 4.78 is 13.0. The molecule has 0 saturated carbocycles. The highest BCUT2D eigenvalue weighted by atomic mass is 19.1. The van der Waals surface area contributed by atoms with Gasteiger partial charge >= 0.3 is 0 Å². The van der Waals surface area contributed by atoms with Crippen molar-refractivity contribution in [2.24, 2.45) is 0 Å². The molecule has 4 heteroatoms. The molecular weight excluding hydrogens is 243 g/mol. The van der Waals surface area contributed by atoms with Crippen LogP contribution in [0.5, 0.6) is 0 Å². The van der Waals surface area contributed by atoms with Crippen molar-refractivity contribution in [3.63, 3.8) is 0 Å². The normalized spacial score (nSPS) is 10.3. The average molecular weight is 258 g/mol. The number of rotatable bonds is 3. The van der Waals surface area contributed by atoms with Crippen molar-refractivity contribution in [1.29, 1.82) is 0 Å². The Bertz CT molecular complexity index is 598. The van der Waals surface area contributed by atoms with Gasteiger partial charge in [0, 0.05) is 13.6 Å². The maximum absolute atomic E-state index is 13.0. The highest BCUT2D eigenvalue weighted by Crippen LogP contribution is 2.09. The molecule has 0 fully saturated rings. The molecule has 0 atom stereocenters. The summed E-state index contributed by atoms with van der Waals surface area (Å²) >= 11 is 0. The smallest absolute Gasteiger partial charge is 0.272 e. The number of carbonyl (C=O) groups is 1. The Morgan fingerprint density at radius 2 is 2.00 bits per heavy atom. The molecule has 0 bridgehead atoms. The Kier molecular flexibility index (Phi) is 3.90. The number of aryl methyl sites for hydroxylation is 1. The number of hydrogen-bond donors (Lipinski definition) is 0. The molecule has 3 nitrogen and oxygen atoms in total. The van der Waals surface area contributed by atoms with Gasteiger partial charge in [-0.15, -0.1) is 0 Å². The molecule has 1 aromatic heterocycles. The van der Waals surface area contributed by atoms with E-state index in [1.165, 1.54) is 23.1 Å². The second-order valence-corrected chi connectivity index (χ2v) is 4.50. The van der Waals surface area contributed by atoms with Crippen molar-refractivity contribution < 1.29 is 9.18 Å². The summed E-state index contributed by atoms with van der Waals surface area (Å²) in [5, 5.41) is 0. The third kappa shape index (κ3) is 3.37. The quantitative estimate of drug-likeness (QED) is 0.793. The molecule has 2 aromatic rings. The van der Waals surface area contributed by atoms with Crippen LogP contribution in [0.25, 0.3) is 0 Å². The zero-order valence-electron chi connectivity index (χ0n) is 10.9. The summed E-state index contributed by atoms with van der Waals surface area (Å²) in [4.78, 5) is 17.2. The number of amides is 1. The maximum Gasteiger partial charge on any atom is 0.272 e. The standard InChI is InChI=1S/C15H15FN2O/c1-11-5-3-6-12(9-11)10-18(2)15(19)13-7-4-8-14(16)17-13/h3-9H,10H2,1-2H3. The molecule has 0 aliphatic rings. The van der Waals surface area contributed by atoms with Crippen molar-refractivity contribution in [3.8, 4) is 0 Å². The van der Waals surface area contributed by atoms with Gasteiger partial charge in [0.15, 0.2) is 0 Å². The molecular formula is C15H15FN2O. The lowest BCUT2D eigenvalue weighted by atomic mass is 10.1. The number of halogens is 1. The van der Waals surface area contributed by atoms with E-state index in [4.69, 9.17) is 0 Å². The molecule has 98 valence electrons. The molecule has 0 aliphatic heterocycles. The zero-order chi connectivity index (χ0) is 13.8. The summed E-state index contributed by atoms with van der Waals surface area (Å²) in [5.41, 5.74) is 2.30. The van der Waals surface area contributed by atoms with Crippen LogP contribution in [0.3, 0.4) is 0 Å². The van der Waals surface area contributed by atoms with Crippen LogP contribution >= 0.6 is 0 Å². The third-order valence-corrected chi connectivity index (χ3v) is 2.78. The van der Waals surface area contributed by atoms with Crippen molar-refractivity contribution in [3.05, 3.63) is 65.2 Å². The summed E-state index contributed by atoms with van der Waals surface area (Å²) in [6.45, 7) is 2.47. The van der Waals surface area contributed by atoms with Crippen LogP contribution in [0, 0.1) is 12.9 Å². The minimum absolute atomic E-state index is 0.121. The van der Waals surface area contributed by atoms with E-state index in [0.717, 1.165) is 11.1 Å². The van der Waals surface area contributed by atoms with E-state index in [1.54, 1.807) is 7.05 Å². The van der Waals surface area contributed by atoms with Crippen LogP contribution in [0.4, 0.5) is 4.39 Å². The molecule has 0 spiro atoms. The largest absolute Gasteiger partial charge is 0.336 e. The van der Waals surface area contributed by atoms with Crippen LogP contribution in [0.2, 0.25) is 0 Å². The molecule has 1 heterocycles. The van der Waals surface area contributed by atoms with E-state index in [2.05, 4.69) is 4.98 Å². The fourth-order valence-corrected chi connectivity index (χ4v) is 1.88. The van der Waals surface area contributed by atoms with Gasteiger partial charge in [0.25, 0.3) is 5.91 Å². The molecule has 0 unspecified atom stereocenters. The molecule has 0 saturated heterocycles. The van der Waals surface area contributed by atoms with Crippen LogP contribution in [-0.2, 0) is 6.54 Å². The van der Waals surface area contributed by atoms with Crippen molar-refractivity contribution in [2.75, 3.05) is 7.05 Å². The number of pyridine rings is 1. The Labute approximate surface area is 111 Å². The Hall–Kier alpha value is -2.23.